The maximum absolute atomic E-state index is 12.4. The second kappa shape index (κ2) is 5.97. The molecule has 0 fully saturated rings. The van der Waals surface area contributed by atoms with Crippen molar-refractivity contribution in [1.29, 1.82) is 0 Å². The summed E-state index contributed by atoms with van der Waals surface area (Å²) in [6.07, 6.45) is -4.39. The lowest BCUT2D eigenvalue weighted by Crippen LogP contribution is -2.12. The van der Waals surface area contributed by atoms with Gasteiger partial charge in [-0.25, -0.2) is 0 Å². The van der Waals surface area contributed by atoms with Crippen molar-refractivity contribution in [3.63, 3.8) is 0 Å². The van der Waals surface area contributed by atoms with E-state index in [1.54, 1.807) is 24.3 Å². The number of hydrogen-bond donors (Lipinski definition) is 2. The van der Waals surface area contributed by atoms with Crippen molar-refractivity contribution in [3.8, 4) is 0 Å². The molecule has 0 aromatic heterocycles. The monoisotopic (exact) mass is 294 g/mol. The first-order valence-electron chi connectivity index (χ1n) is 6.18. The lowest BCUT2D eigenvalue weighted by molar-refractivity contribution is -0.137. The van der Waals surface area contributed by atoms with Crippen LogP contribution in [0.4, 0.5) is 18.9 Å². The van der Waals surface area contributed by atoms with Crippen molar-refractivity contribution in [1.82, 2.24) is 0 Å². The smallest absolute Gasteiger partial charge is 0.326 e. The summed E-state index contributed by atoms with van der Waals surface area (Å²) in [4.78, 5) is 11.9. The van der Waals surface area contributed by atoms with Gasteiger partial charge in [-0.2, -0.15) is 13.2 Å². The van der Waals surface area contributed by atoms with Crippen LogP contribution in [0.5, 0.6) is 0 Å². The predicted molar refractivity (Wildman–Crippen MR) is 73.7 cm³/mol. The van der Waals surface area contributed by atoms with Gasteiger partial charge in [0.25, 0.3) is 5.91 Å². The predicted octanol–water partition coefficient (Wildman–Crippen LogP) is 3.42. The quantitative estimate of drug-likeness (QED) is 0.911. The van der Waals surface area contributed by atoms with Gasteiger partial charge in [0.1, 0.15) is 0 Å². The fraction of sp³-hybridized carbons (Fsp3) is 0.133. The van der Waals surface area contributed by atoms with Gasteiger partial charge in [0.15, 0.2) is 0 Å². The molecule has 110 valence electrons. The molecule has 0 aliphatic heterocycles. The number of carbonyl (C=O) groups is 1. The largest absolute Gasteiger partial charge is 0.416 e. The van der Waals surface area contributed by atoms with E-state index >= 15 is 0 Å². The van der Waals surface area contributed by atoms with Crippen LogP contribution in [-0.4, -0.2) is 5.91 Å². The van der Waals surface area contributed by atoms with Crippen molar-refractivity contribution >= 4 is 11.6 Å². The molecule has 1 amide bonds. The van der Waals surface area contributed by atoms with Gasteiger partial charge in [-0.3, -0.25) is 4.79 Å². The summed E-state index contributed by atoms with van der Waals surface area (Å²) in [5, 5.41) is 2.54. The van der Waals surface area contributed by atoms with Gasteiger partial charge in [0.05, 0.1) is 5.56 Å². The highest BCUT2D eigenvalue weighted by Gasteiger charge is 2.29. The molecule has 3 nitrogen and oxygen atoms in total. The third-order valence-electron chi connectivity index (χ3n) is 2.92. The Bertz CT molecular complexity index is 619. The second-order valence-corrected chi connectivity index (χ2v) is 4.43. The Morgan fingerprint density at radius 2 is 1.57 bits per heavy atom. The Morgan fingerprint density at radius 3 is 2.05 bits per heavy atom. The minimum Gasteiger partial charge on any atom is -0.326 e. The normalized spacial score (nSPS) is 11.2. The van der Waals surface area contributed by atoms with Crippen LogP contribution in [-0.2, 0) is 12.7 Å². The van der Waals surface area contributed by atoms with Gasteiger partial charge < -0.3 is 11.1 Å². The standard InChI is InChI=1S/C15H13F3N2O/c16-15(17,18)12-5-7-13(8-6-12)20-14(21)11-3-1-10(9-19)2-4-11/h1-8H,9,19H2,(H,20,21). The highest BCUT2D eigenvalue weighted by Crippen LogP contribution is 2.29. The summed E-state index contributed by atoms with van der Waals surface area (Å²) in [5.41, 5.74) is 6.30. The molecule has 2 aromatic rings. The van der Waals surface area contributed by atoms with E-state index in [0.29, 0.717) is 17.8 Å². The maximum Gasteiger partial charge on any atom is 0.416 e. The number of alkyl halides is 3. The van der Waals surface area contributed by atoms with Crippen LogP contribution >= 0.6 is 0 Å². The fourth-order valence-corrected chi connectivity index (χ4v) is 1.74. The van der Waals surface area contributed by atoms with Crippen LogP contribution in [0.15, 0.2) is 48.5 Å². The topological polar surface area (TPSA) is 55.1 Å². The summed E-state index contributed by atoms with van der Waals surface area (Å²) in [7, 11) is 0. The van der Waals surface area contributed by atoms with Crippen molar-refractivity contribution in [2.75, 3.05) is 5.32 Å². The number of carbonyl (C=O) groups excluding carboxylic acids is 1. The van der Waals surface area contributed by atoms with Crippen LogP contribution in [0, 0.1) is 0 Å². The van der Waals surface area contributed by atoms with E-state index in [9.17, 15) is 18.0 Å². The van der Waals surface area contributed by atoms with Crippen LogP contribution in [0.25, 0.3) is 0 Å². The number of nitrogens with one attached hydrogen (secondary N) is 1. The molecule has 0 unspecified atom stereocenters. The van der Waals surface area contributed by atoms with E-state index in [1.807, 2.05) is 0 Å². The fourth-order valence-electron chi connectivity index (χ4n) is 1.74. The molecule has 0 atom stereocenters. The summed E-state index contributed by atoms with van der Waals surface area (Å²) < 4.78 is 37.3. The van der Waals surface area contributed by atoms with Crippen LogP contribution in [0.1, 0.15) is 21.5 Å². The van der Waals surface area contributed by atoms with E-state index in [4.69, 9.17) is 5.73 Å². The lowest BCUT2D eigenvalue weighted by atomic mass is 10.1. The lowest BCUT2D eigenvalue weighted by Gasteiger charge is -2.09. The Kier molecular flexibility index (Phi) is 4.28. The van der Waals surface area contributed by atoms with E-state index in [0.717, 1.165) is 17.7 Å². The maximum atomic E-state index is 12.4. The number of benzene rings is 2. The molecule has 0 heterocycles. The highest BCUT2D eigenvalue weighted by molar-refractivity contribution is 6.04. The van der Waals surface area contributed by atoms with Crippen molar-refractivity contribution < 1.29 is 18.0 Å². The first kappa shape index (κ1) is 15.1. The zero-order valence-electron chi connectivity index (χ0n) is 10.9. The molecule has 0 saturated carbocycles. The van der Waals surface area contributed by atoms with Crippen molar-refractivity contribution in [2.24, 2.45) is 5.73 Å². The summed E-state index contributed by atoms with van der Waals surface area (Å²) in [5.74, 6) is -0.390. The minimum absolute atomic E-state index is 0.302. The van der Waals surface area contributed by atoms with Gasteiger partial charge in [0.2, 0.25) is 0 Å². The first-order chi connectivity index (χ1) is 9.90. The third-order valence-corrected chi connectivity index (χ3v) is 2.92. The first-order valence-corrected chi connectivity index (χ1v) is 6.18. The number of rotatable bonds is 3. The molecule has 0 radical (unpaired) electrons. The Hall–Kier alpha value is -2.34. The van der Waals surface area contributed by atoms with E-state index < -0.39 is 17.6 Å². The van der Waals surface area contributed by atoms with Crippen molar-refractivity contribution in [3.05, 3.63) is 65.2 Å². The van der Waals surface area contributed by atoms with Crippen molar-refractivity contribution in [2.45, 2.75) is 12.7 Å². The number of hydrogen-bond acceptors (Lipinski definition) is 2. The molecule has 2 aromatic carbocycles. The van der Waals surface area contributed by atoms with Crippen LogP contribution in [0.2, 0.25) is 0 Å². The van der Waals surface area contributed by atoms with Gasteiger partial charge in [-0.15, -0.1) is 0 Å². The average Bonchev–Trinajstić information content (AvgIpc) is 2.47. The van der Waals surface area contributed by atoms with E-state index in [1.165, 1.54) is 12.1 Å². The summed E-state index contributed by atoms with van der Waals surface area (Å²) in [6, 6.07) is 11.0. The van der Waals surface area contributed by atoms with Crippen LogP contribution < -0.4 is 11.1 Å². The number of nitrogens with two attached hydrogens (primary N) is 1. The van der Waals surface area contributed by atoms with E-state index in [-0.39, 0.29) is 0 Å². The molecule has 3 N–H and O–H groups in total. The molecule has 6 heteroatoms. The summed E-state index contributed by atoms with van der Waals surface area (Å²) in [6.45, 7) is 0.376. The van der Waals surface area contributed by atoms with Gasteiger partial charge in [0, 0.05) is 17.8 Å². The van der Waals surface area contributed by atoms with Gasteiger partial charge in [-0.1, -0.05) is 12.1 Å². The molecular formula is C15H13F3N2O. The number of halogens is 3. The highest BCUT2D eigenvalue weighted by atomic mass is 19.4. The molecule has 0 spiro atoms. The Balaban J connectivity index is 2.08. The third kappa shape index (κ3) is 3.82. The Morgan fingerprint density at radius 1 is 1.00 bits per heavy atom. The zero-order valence-corrected chi connectivity index (χ0v) is 10.9. The molecule has 0 aliphatic carbocycles. The van der Waals surface area contributed by atoms with Crippen LogP contribution in [0.3, 0.4) is 0 Å². The molecule has 2 rings (SSSR count). The number of anilines is 1. The van der Waals surface area contributed by atoms with Gasteiger partial charge >= 0.3 is 6.18 Å². The number of amides is 1. The van der Waals surface area contributed by atoms with E-state index in [2.05, 4.69) is 5.32 Å². The van der Waals surface area contributed by atoms with Gasteiger partial charge in [-0.05, 0) is 42.0 Å². The summed E-state index contributed by atoms with van der Waals surface area (Å²) >= 11 is 0. The zero-order chi connectivity index (χ0) is 15.5. The molecule has 21 heavy (non-hydrogen) atoms. The molecule has 0 aliphatic rings. The average molecular weight is 294 g/mol. The molecule has 0 bridgehead atoms. The molecule has 0 saturated heterocycles. The Labute approximate surface area is 119 Å². The minimum atomic E-state index is -4.39. The molecular weight excluding hydrogens is 281 g/mol. The SMILES string of the molecule is NCc1ccc(C(=O)Nc2ccc(C(F)(F)F)cc2)cc1. The second-order valence-electron chi connectivity index (χ2n) is 4.43.